The zero-order chi connectivity index (χ0) is 17.9. The van der Waals surface area contributed by atoms with Gasteiger partial charge in [0.25, 0.3) is 0 Å². The maximum atomic E-state index is 12.5. The van der Waals surface area contributed by atoms with Crippen LogP contribution in [0.3, 0.4) is 0 Å². The number of carbonyl (C=O) groups is 1. The highest BCUT2D eigenvalue weighted by Gasteiger charge is 2.34. The molecule has 1 amide bonds. The summed E-state index contributed by atoms with van der Waals surface area (Å²) in [5.41, 5.74) is 2.32. The van der Waals surface area contributed by atoms with E-state index in [0.29, 0.717) is 12.3 Å². The molecule has 4 heteroatoms. The Hall–Kier alpha value is -1.84. The molecule has 1 atom stereocenters. The first-order valence-corrected chi connectivity index (χ1v) is 10.5. The van der Waals surface area contributed by atoms with E-state index >= 15 is 0 Å². The van der Waals surface area contributed by atoms with Crippen LogP contribution in [0.25, 0.3) is 11.0 Å². The van der Waals surface area contributed by atoms with E-state index in [1.165, 1.54) is 37.6 Å². The Morgan fingerprint density at radius 2 is 1.96 bits per heavy atom. The number of para-hydroxylation sites is 2. The second-order valence-electron chi connectivity index (χ2n) is 8.17. The number of imidazole rings is 1. The van der Waals surface area contributed by atoms with Gasteiger partial charge in [-0.2, -0.15) is 0 Å². The van der Waals surface area contributed by atoms with Gasteiger partial charge in [-0.1, -0.05) is 44.7 Å². The Balaban J connectivity index is 1.61. The van der Waals surface area contributed by atoms with E-state index in [-0.39, 0.29) is 5.92 Å². The minimum atomic E-state index is 0.246. The van der Waals surface area contributed by atoms with Crippen LogP contribution < -0.4 is 0 Å². The van der Waals surface area contributed by atoms with Crippen LogP contribution in [0.2, 0.25) is 0 Å². The number of fused-ring (bicyclic) bond motifs is 1. The average Bonchev–Trinajstić information content (AvgIpc) is 3.22. The lowest BCUT2D eigenvalue weighted by molar-refractivity contribution is -0.127. The maximum Gasteiger partial charge on any atom is 0.223 e. The molecule has 4 rings (SSSR count). The van der Waals surface area contributed by atoms with E-state index in [1.54, 1.807) is 0 Å². The number of aromatic nitrogens is 2. The summed E-state index contributed by atoms with van der Waals surface area (Å²) in [7, 11) is 0. The first-order chi connectivity index (χ1) is 12.8. The Kier molecular flexibility index (Phi) is 5.28. The molecule has 1 aliphatic heterocycles. The third-order valence-electron chi connectivity index (χ3n) is 6.21. The molecule has 0 unspecified atom stereocenters. The number of rotatable bonds is 6. The van der Waals surface area contributed by atoms with Gasteiger partial charge in [-0.25, -0.2) is 4.98 Å². The molecule has 1 saturated heterocycles. The van der Waals surface area contributed by atoms with Gasteiger partial charge in [0.05, 0.1) is 11.0 Å². The van der Waals surface area contributed by atoms with Crippen molar-refractivity contribution in [2.45, 2.75) is 70.8 Å². The van der Waals surface area contributed by atoms with Crippen LogP contribution in [0.15, 0.2) is 24.3 Å². The number of carbonyl (C=O) groups excluding carboxylic acids is 1. The lowest BCUT2D eigenvalue weighted by Crippen LogP contribution is -2.26. The van der Waals surface area contributed by atoms with Gasteiger partial charge < -0.3 is 9.47 Å². The molecule has 2 aromatic rings. The average molecular weight is 354 g/mol. The lowest BCUT2D eigenvalue weighted by Gasteiger charge is -2.24. The molecule has 4 nitrogen and oxygen atoms in total. The summed E-state index contributed by atoms with van der Waals surface area (Å²) in [6, 6.07) is 8.48. The summed E-state index contributed by atoms with van der Waals surface area (Å²) in [4.78, 5) is 19.5. The number of hydrogen-bond donors (Lipinski definition) is 0. The fourth-order valence-electron chi connectivity index (χ4n) is 4.74. The minimum absolute atomic E-state index is 0.246. The predicted octanol–water partition coefficient (Wildman–Crippen LogP) is 4.73. The molecule has 1 saturated carbocycles. The molecule has 0 spiro atoms. The summed E-state index contributed by atoms with van der Waals surface area (Å²) in [6.07, 6.45) is 9.62. The summed E-state index contributed by atoms with van der Waals surface area (Å²) in [5.74, 6) is 2.45. The van der Waals surface area contributed by atoms with Gasteiger partial charge in [0.2, 0.25) is 5.91 Å². The first kappa shape index (κ1) is 17.6. The predicted molar refractivity (Wildman–Crippen MR) is 105 cm³/mol. The second kappa shape index (κ2) is 7.81. The van der Waals surface area contributed by atoms with E-state index in [4.69, 9.17) is 4.98 Å². The number of likely N-dealkylation sites (tertiary alicyclic amines) is 1. The zero-order valence-corrected chi connectivity index (χ0v) is 16.0. The van der Waals surface area contributed by atoms with Crippen molar-refractivity contribution in [3.63, 3.8) is 0 Å². The summed E-state index contributed by atoms with van der Waals surface area (Å²) in [5, 5.41) is 0. The van der Waals surface area contributed by atoms with Gasteiger partial charge in [0.15, 0.2) is 0 Å². The highest BCUT2D eigenvalue weighted by Crippen LogP contribution is 2.33. The molecule has 2 aliphatic rings. The molecule has 2 heterocycles. The minimum Gasteiger partial charge on any atom is -0.342 e. The topological polar surface area (TPSA) is 38.1 Å². The van der Waals surface area contributed by atoms with Gasteiger partial charge in [0.1, 0.15) is 5.82 Å². The summed E-state index contributed by atoms with van der Waals surface area (Å²) in [6.45, 7) is 4.98. The molecule has 1 aromatic heterocycles. The Labute approximate surface area is 156 Å². The van der Waals surface area contributed by atoms with E-state index in [1.807, 2.05) is 0 Å². The van der Waals surface area contributed by atoms with Crippen LogP contribution in [-0.4, -0.2) is 33.4 Å². The molecule has 0 N–H and O–H groups in total. The lowest BCUT2D eigenvalue weighted by atomic mass is 9.89. The van der Waals surface area contributed by atoms with E-state index in [9.17, 15) is 4.79 Å². The van der Waals surface area contributed by atoms with E-state index < -0.39 is 0 Å². The Morgan fingerprint density at radius 3 is 2.77 bits per heavy atom. The largest absolute Gasteiger partial charge is 0.342 e. The van der Waals surface area contributed by atoms with E-state index in [2.05, 4.69) is 40.7 Å². The number of unbranched alkanes of at least 4 members (excludes halogenated alkanes) is 1. The molecule has 26 heavy (non-hydrogen) atoms. The van der Waals surface area contributed by atoms with Crippen LogP contribution in [0, 0.1) is 5.92 Å². The van der Waals surface area contributed by atoms with Crippen LogP contribution in [0.4, 0.5) is 0 Å². The number of benzene rings is 1. The van der Waals surface area contributed by atoms with Crippen LogP contribution in [0.1, 0.15) is 70.0 Å². The third-order valence-corrected chi connectivity index (χ3v) is 6.21. The third kappa shape index (κ3) is 3.51. The van der Waals surface area contributed by atoms with Gasteiger partial charge in [-0.15, -0.1) is 0 Å². The monoisotopic (exact) mass is 353 g/mol. The fraction of sp³-hybridized carbons (Fsp3) is 0.636. The van der Waals surface area contributed by atoms with Crippen molar-refractivity contribution in [3.8, 4) is 0 Å². The van der Waals surface area contributed by atoms with Crippen molar-refractivity contribution >= 4 is 16.9 Å². The summed E-state index contributed by atoms with van der Waals surface area (Å²) >= 11 is 0. The number of nitrogens with zero attached hydrogens (tertiary/aromatic N) is 3. The van der Waals surface area contributed by atoms with Crippen molar-refractivity contribution in [1.82, 2.24) is 14.5 Å². The zero-order valence-electron chi connectivity index (χ0n) is 16.0. The van der Waals surface area contributed by atoms with Crippen LogP contribution >= 0.6 is 0 Å². The maximum absolute atomic E-state index is 12.5. The molecule has 0 bridgehead atoms. The van der Waals surface area contributed by atoms with Crippen molar-refractivity contribution < 1.29 is 4.79 Å². The number of amides is 1. The highest BCUT2D eigenvalue weighted by atomic mass is 16.2. The molecule has 0 radical (unpaired) electrons. The van der Waals surface area contributed by atoms with Crippen molar-refractivity contribution in [2.24, 2.45) is 5.92 Å². The normalized spacial score (nSPS) is 21.8. The Bertz CT molecular complexity index is 760. The molecule has 140 valence electrons. The molecule has 1 aromatic carbocycles. The second-order valence-corrected chi connectivity index (χ2v) is 8.17. The SMILES string of the molecule is CCCCN1C[C@@H](c2nc3ccccc3n2CC2CCCCC2)CC1=O. The Morgan fingerprint density at radius 1 is 1.15 bits per heavy atom. The van der Waals surface area contributed by atoms with Crippen LogP contribution in [-0.2, 0) is 11.3 Å². The fourth-order valence-corrected chi connectivity index (χ4v) is 4.74. The molecule has 2 fully saturated rings. The van der Waals surface area contributed by atoms with Crippen molar-refractivity contribution in [2.75, 3.05) is 13.1 Å². The van der Waals surface area contributed by atoms with Gasteiger partial charge in [0, 0.05) is 32.0 Å². The smallest absolute Gasteiger partial charge is 0.223 e. The highest BCUT2D eigenvalue weighted by molar-refractivity contribution is 5.80. The van der Waals surface area contributed by atoms with Gasteiger partial charge in [-0.3, -0.25) is 4.79 Å². The molecular weight excluding hydrogens is 322 g/mol. The molecular formula is C22H31N3O. The number of hydrogen-bond acceptors (Lipinski definition) is 2. The van der Waals surface area contributed by atoms with Crippen molar-refractivity contribution in [3.05, 3.63) is 30.1 Å². The first-order valence-electron chi connectivity index (χ1n) is 10.5. The quantitative estimate of drug-likeness (QED) is 0.753. The van der Waals surface area contributed by atoms with Gasteiger partial charge in [-0.05, 0) is 37.3 Å². The van der Waals surface area contributed by atoms with Crippen LogP contribution in [0.5, 0.6) is 0 Å². The molecule has 1 aliphatic carbocycles. The van der Waals surface area contributed by atoms with Gasteiger partial charge >= 0.3 is 0 Å². The summed E-state index contributed by atoms with van der Waals surface area (Å²) < 4.78 is 2.45. The van der Waals surface area contributed by atoms with E-state index in [0.717, 1.165) is 49.7 Å². The van der Waals surface area contributed by atoms with Crippen molar-refractivity contribution in [1.29, 1.82) is 0 Å². The standard InChI is InChI=1S/C22H31N3O/c1-2-3-13-24-16-18(14-21(24)26)22-23-19-11-7-8-12-20(19)25(22)15-17-9-5-4-6-10-17/h7-8,11-12,17-18H,2-6,9-10,13-16H2,1H3/t18-/m0/s1.